The van der Waals surface area contributed by atoms with Crippen LogP contribution in [-0.2, 0) is 0 Å². The van der Waals surface area contributed by atoms with Crippen LogP contribution in [0.15, 0.2) is 77.3 Å². The molecule has 0 aliphatic carbocycles. The highest BCUT2D eigenvalue weighted by Gasteiger charge is 2.52. The topological polar surface area (TPSA) is 35.5 Å². The van der Waals surface area contributed by atoms with Gasteiger partial charge < -0.3 is 9.16 Å². The summed E-state index contributed by atoms with van der Waals surface area (Å²) in [5.41, 5.74) is 0.531. The average molecular weight is 469 g/mol. The number of aldehydes is 1. The molecule has 0 aliphatic heterocycles. The average Bonchev–Trinajstić information content (AvgIpc) is 2.72. The Morgan fingerprint density at radius 2 is 1.41 bits per heavy atom. The van der Waals surface area contributed by atoms with Crippen LogP contribution < -0.4 is 19.5 Å². The van der Waals surface area contributed by atoms with E-state index in [2.05, 4.69) is 85.2 Å². The number of methoxy groups -OCH3 is 1. The van der Waals surface area contributed by atoms with Gasteiger partial charge in [-0.1, -0.05) is 81.4 Å². The minimum Gasteiger partial charge on any atom is -0.531 e. The zero-order valence-electron chi connectivity index (χ0n) is 17.1. The van der Waals surface area contributed by atoms with E-state index in [0.29, 0.717) is 21.5 Å². The highest BCUT2D eigenvalue weighted by atomic mass is 79.9. The van der Waals surface area contributed by atoms with Crippen molar-refractivity contribution in [2.75, 3.05) is 7.11 Å². The maximum absolute atomic E-state index is 11.3. The van der Waals surface area contributed by atoms with Crippen LogP contribution in [0.25, 0.3) is 0 Å². The number of carbonyl (C=O) groups is 1. The van der Waals surface area contributed by atoms with Crippen molar-refractivity contribution in [2.45, 2.75) is 25.8 Å². The minimum absolute atomic E-state index is 0.177. The Morgan fingerprint density at radius 3 is 1.83 bits per heavy atom. The van der Waals surface area contributed by atoms with E-state index in [4.69, 9.17) is 9.16 Å². The third-order valence-corrected chi connectivity index (χ3v) is 10.6. The molecule has 3 nitrogen and oxygen atoms in total. The Labute approximate surface area is 181 Å². The second kappa shape index (κ2) is 8.55. The van der Waals surface area contributed by atoms with Crippen molar-refractivity contribution in [1.29, 1.82) is 0 Å². The second-order valence-electron chi connectivity index (χ2n) is 7.92. The van der Waals surface area contributed by atoms with E-state index in [1.54, 1.807) is 19.2 Å². The predicted octanol–water partition coefficient (Wildman–Crippen LogP) is 5.21. The first-order valence-corrected chi connectivity index (χ1v) is 12.2. The van der Waals surface area contributed by atoms with Crippen molar-refractivity contribution in [3.63, 3.8) is 0 Å². The monoisotopic (exact) mass is 468 g/mol. The first-order valence-electron chi connectivity index (χ1n) is 9.46. The van der Waals surface area contributed by atoms with Gasteiger partial charge in [-0.2, -0.15) is 0 Å². The fourth-order valence-corrected chi connectivity index (χ4v) is 8.85. The molecule has 3 aromatic rings. The van der Waals surface area contributed by atoms with Gasteiger partial charge in [0.05, 0.1) is 11.6 Å². The summed E-state index contributed by atoms with van der Waals surface area (Å²) in [6.45, 7) is 6.66. The molecular weight excluding hydrogens is 444 g/mol. The molecule has 150 valence electrons. The molecule has 0 bridgehead atoms. The molecule has 29 heavy (non-hydrogen) atoms. The molecule has 0 heterocycles. The normalized spacial score (nSPS) is 11.8. The van der Waals surface area contributed by atoms with Gasteiger partial charge in [0.15, 0.2) is 11.5 Å². The zero-order chi connectivity index (χ0) is 21.1. The molecule has 0 radical (unpaired) electrons. The molecular formula is C24H25BrO3Si. The number of ether oxygens (including phenoxy) is 1. The van der Waals surface area contributed by atoms with E-state index >= 15 is 0 Å². The molecule has 0 spiro atoms. The number of carbonyl (C=O) groups excluding carboxylic acids is 1. The lowest BCUT2D eigenvalue weighted by molar-refractivity contribution is 0.112. The Bertz CT molecular complexity index is 943. The number of benzene rings is 3. The Morgan fingerprint density at radius 1 is 0.897 bits per heavy atom. The third kappa shape index (κ3) is 4.02. The summed E-state index contributed by atoms with van der Waals surface area (Å²) >= 11 is 3.60. The number of hydrogen-bond donors (Lipinski definition) is 0. The zero-order valence-corrected chi connectivity index (χ0v) is 19.7. The van der Waals surface area contributed by atoms with E-state index in [0.717, 1.165) is 6.29 Å². The second-order valence-corrected chi connectivity index (χ2v) is 13.0. The van der Waals surface area contributed by atoms with Gasteiger partial charge in [-0.05, 0) is 43.5 Å². The summed E-state index contributed by atoms with van der Waals surface area (Å²) in [7, 11) is -1.20. The molecule has 0 aliphatic rings. The van der Waals surface area contributed by atoms with Crippen molar-refractivity contribution in [3.8, 4) is 11.5 Å². The van der Waals surface area contributed by atoms with Crippen LogP contribution >= 0.6 is 15.9 Å². The fraction of sp³-hybridized carbons (Fsp3) is 0.208. The van der Waals surface area contributed by atoms with Crippen LogP contribution in [0.3, 0.4) is 0 Å². The summed E-state index contributed by atoms with van der Waals surface area (Å²) in [6.07, 6.45) is 0.805. The lowest BCUT2D eigenvalue weighted by atomic mass is 10.2. The standard InChI is InChI=1S/C24H25BrO3Si/c1-24(2,3)29(19-11-7-5-8-12-19,20-13-9-6-10-14-20)28-23-21(25)15-18(17-26)16-22(23)27-4/h5-17H,1-4H3. The molecule has 0 fully saturated rings. The van der Waals surface area contributed by atoms with Crippen molar-refractivity contribution < 1.29 is 14.0 Å². The molecule has 0 amide bonds. The Hall–Kier alpha value is -2.37. The summed E-state index contributed by atoms with van der Waals surface area (Å²) in [5, 5.41) is 2.17. The minimum atomic E-state index is -2.80. The smallest absolute Gasteiger partial charge is 0.320 e. The first kappa shape index (κ1) is 21.3. The van der Waals surface area contributed by atoms with Crippen LogP contribution in [0.2, 0.25) is 5.04 Å². The van der Waals surface area contributed by atoms with Crippen LogP contribution in [0, 0.1) is 0 Å². The lowest BCUT2D eigenvalue weighted by Crippen LogP contribution is -2.68. The van der Waals surface area contributed by atoms with E-state index in [9.17, 15) is 4.79 Å². The van der Waals surface area contributed by atoms with Gasteiger partial charge in [0, 0.05) is 5.56 Å². The van der Waals surface area contributed by atoms with Gasteiger partial charge in [0.2, 0.25) is 0 Å². The number of rotatable bonds is 6. The van der Waals surface area contributed by atoms with Crippen molar-refractivity contribution in [1.82, 2.24) is 0 Å². The van der Waals surface area contributed by atoms with Gasteiger partial charge in [0.25, 0.3) is 0 Å². The SMILES string of the molecule is COc1cc(C=O)cc(Br)c1O[Si](c1ccccc1)(c1ccccc1)C(C)(C)C. The van der Waals surface area contributed by atoms with Crippen molar-refractivity contribution >= 4 is 40.9 Å². The van der Waals surface area contributed by atoms with Crippen LogP contribution in [-0.4, -0.2) is 21.7 Å². The van der Waals surface area contributed by atoms with Gasteiger partial charge in [-0.3, -0.25) is 4.79 Å². The molecule has 0 N–H and O–H groups in total. The van der Waals surface area contributed by atoms with E-state index in [-0.39, 0.29) is 5.04 Å². The van der Waals surface area contributed by atoms with Gasteiger partial charge >= 0.3 is 8.32 Å². The summed E-state index contributed by atoms with van der Waals surface area (Å²) in [5.74, 6) is 1.15. The maximum Gasteiger partial charge on any atom is 0.320 e. The summed E-state index contributed by atoms with van der Waals surface area (Å²) in [4.78, 5) is 11.3. The quantitative estimate of drug-likeness (QED) is 0.367. The van der Waals surface area contributed by atoms with Gasteiger partial charge in [-0.25, -0.2) is 0 Å². The highest BCUT2D eigenvalue weighted by molar-refractivity contribution is 9.10. The molecule has 0 atom stereocenters. The first-order chi connectivity index (χ1) is 13.8. The van der Waals surface area contributed by atoms with E-state index < -0.39 is 8.32 Å². The predicted molar refractivity (Wildman–Crippen MR) is 124 cm³/mol. The van der Waals surface area contributed by atoms with Gasteiger partial charge in [0.1, 0.15) is 6.29 Å². The number of hydrogen-bond acceptors (Lipinski definition) is 3. The molecule has 0 unspecified atom stereocenters. The molecule has 3 rings (SSSR count). The maximum atomic E-state index is 11.3. The Balaban J connectivity index is 2.32. The summed E-state index contributed by atoms with van der Waals surface area (Å²) in [6, 6.07) is 24.3. The molecule has 0 aromatic heterocycles. The number of halogens is 1. The Kier molecular flexibility index (Phi) is 6.29. The van der Waals surface area contributed by atoms with Crippen molar-refractivity contribution in [3.05, 3.63) is 82.8 Å². The van der Waals surface area contributed by atoms with E-state index in [1.807, 2.05) is 12.1 Å². The lowest BCUT2D eigenvalue weighted by Gasteiger charge is -2.43. The molecule has 0 saturated carbocycles. The highest BCUT2D eigenvalue weighted by Crippen LogP contribution is 2.43. The molecule has 5 heteroatoms. The fourth-order valence-electron chi connectivity index (χ4n) is 3.71. The summed E-state index contributed by atoms with van der Waals surface area (Å²) < 4.78 is 13.4. The van der Waals surface area contributed by atoms with E-state index in [1.165, 1.54) is 10.4 Å². The van der Waals surface area contributed by atoms with Crippen LogP contribution in [0.5, 0.6) is 11.5 Å². The largest absolute Gasteiger partial charge is 0.531 e. The van der Waals surface area contributed by atoms with Crippen LogP contribution in [0.1, 0.15) is 31.1 Å². The molecule has 3 aromatic carbocycles. The van der Waals surface area contributed by atoms with Gasteiger partial charge in [-0.15, -0.1) is 0 Å². The van der Waals surface area contributed by atoms with Crippen molar-refractivity contribution in [2.24, 2.45) is 0 Å². The van der Waals surface area contributed by atoms with Crippen LogP contribution in [0.4, 0.5) is 0 Å². The molecule has 0 saturated heterocycles. The third-order valence-electron chi connectivity index (χ3n) is 5.06.